The molecular formula is C28H33N3O7S. The van der Waals surface area contributed by atoms with Crippen LogP contribution >= 0.6 is 0 Å². The Morgan fingerprint density at radius 2 is 1.51 bits per heavy atom. The summed E-state index contributed by atoms with van der Waals surface area (Å²) in [4.78, 5) is 24.7. The smallest absolute Gasteiger partial charge is 0.407 e. The van der Waals surface area contributed by atoms with Crippen LogP contribution in [0.3, 0.4) is 0 Å². The highest BCUT2D eigenvalue weighted by molar-refractivity contribution is 7.89. The molecule has 3 aromatic rings. The van der Waals surface area contributed by atoms with Gasteiger partial charge in [-0.1, -0.05) is 60.7 Å². The zero-order chi connectivity index (χ0) is 28.1. The van der Waals surface area contributed by atoms with E-state index in [1.165, 1.54) is 31.4 Å². The second kappa shape index (κ2) is 14.9. The average Bonchev–Trinajstić information content (AvgIpc) is 2.97. The van der Waals surface area contributed by atoms with E-state index in [1.54, 1.807) is 29.7 Å². The number of nitrogens with one attached hydrogen (secondary N) is 2. The SMILES string of the molecule is COc1ccc(S(=O)(=O)N(Cc2ccccc2)[C@H](CCCCNC(=O)OCc2ccccc2)C(=O)NO)cc1. The number of amides is 2. The van der Waals surface area contributed by atoms with Gasteiger partial charge in [-0.15, -0.1) is 0 Å². The van der Waals surface area contributed by atoms with Gasteiger partial charge in [0.2, 0.25) is 10.0 Å². The predicted octanol–water partition coefficient (Wildman–Crippen LogP) is 3.86. The van der Waals surface area contributed by atoms with Gasteiger partial charge in [0.15, 0.2) is 0 Å². The summed E-state index contributed by atoms with van der Waals surface area (Å²) in [6, 6.07) is 22.8. The Kier molecular flexibility index (Phi) is 11.3. The Hall–Kier alpha value is -3.93. The summed E-state index contributed by atoms with van der Waals surface area (Å²) >= 11 is 0. The van der Waals surface area contributed by atoms with Crippen LogP contribution in [0.25, 0.3) is 0 Å². The molecule has 0 aliphatic rings. The third-order valence-corrected chi connectivity index (χ3v) is 7.86. The van der Waals surface area contributed by atoms with Crippen LogP contribution in [0.15, 0.2) is 89.8 Å². The third-order valence-electron chi connectivity index (χ3n) is 5.99. The van der Waals surface area contributed by atoms with Crippen molar-refractivity contribution in [1.82, 2.24) is 15.1 Å². The first kappa shape index (κ1) is 29.6. The topological polar surface area (TPSA) is 134 Å². The summed E-state index contributed by atoms with van der Waals surface area (Å²) < 4.78 is 38.8. The van der Waals surface area contributed by atoms with E-state index < -0.39 is 28.1 Å². The Balaban J connectivity index is 1.67. The number of benzene rings is 3. The van der Waals surface area contributed by atoms with Crippen molar-refractivity contribution < 1.29 is 32.7 Å². The zero-order valence-electron chi connectivity index (χ0n) is 21.7. The van der Waals surface area contributed by atoms with Crippen molar-refractivity contribution in [2.24, 2.45) is 0 Å². The largest absolute Gasteiger partial charge is 0.497 e. The highest BCUT2D eigenvalue weighted by Gasteiger charge is 2.35. The molecule has 0 radical (unpaired) electrons. The minimum Gasteiger partial charge on any atom is -0.497 e. The number of nitrogens with zero attached hydrogens (tertiary/aromatic N) is 1. The number of sulfonamides is 1. The van der Waals surface area contributed by atoms with Gasteiger partial charge in [-0.05, 0) is 54.7 Å². The van der Waals surface area contributed by atoms with Gasteiger partial charge in [-0.2, -0.15) is 4.31 Å². The van der Waals surface area contributed by atoms with Crippen molar-refractivity contribution >= 4 is 22.0 Å². The fourth-order valence-electron chi connectivity index (χ4n) is 3.92. The molecular weight excluding hydrogens is 522 g/mol. The molecule has 0 fully saturated rings. The number of ether oxygens (including phenoxy) is 2. The van der Waals surface area contributed by atoms with E-state index in [-0.39, 0.29) is 31.0 Å². The Morgan fingerprint density at radius 3 is 2.10 bits per heavy atom. The molecule has 10 nitrogen and oxygen atoms in total. The first-order valence-electron chi connectivity index (χ1n) is 12.4. The number of hydroxylamine groups is 1. The average molecular weight is 556 g/mol. The van der Waals surface area contributed by atoms with Gasteiger partial charge < -0.3 is 14.8 Å². The van der Waals surface area contributed by atoms with E-state index >= 15 is 0 Å². The van der Waals surface area contributed by atoms with Gasteiger partial charge in [0.1, 0.15) is 18.4 Å². The second-order valence-electron chi connectivity index (χ2n) is 8.69. The summed E-state index contributed by atoms with van der Waals surface area (Å²) in [5, 5.41) is 12.1. The van der Waals surface area contributed by atoms with E-state index in [9.17, 15) is 23.2 Å². The maximum absolute atomic E-state index is 13.7. The molecule has 3 aromatic carbocycles. The van der Waals surface area contributed by atoms with Crippen LogP contribution in [0.5, 0.6) is 5.75 Å². The van der Waals surface area contributed by atoms with E-state index in [1.807, 2.05) is 36.4 Å². The fraction of sp³-hybridized carbons (Fsp3) is 0.286. The molecule has 208 valence electrons. The predicted molar refractivity (Wildman–Crippen MR) is 144 cm³/mol. The van der Waals surface area contributed by atoms with E-state index in [2.05, 4.69) is 5.32 Å². The van der Waals surface area contributed by atoms with Gasteiger partial charge >= 0.3 is 6.09 Å². The molecule has 39 heavy (non-hydrogen) atoms. The Morgan fingerprint density at radius 1 is 0.897 bits per heavy atom. The molecule has 0 saturated carbocycles. The van der Waals surface area contributed by atoms with E-state index in [0.717, 1.165) is 9.87 Å². The Labute approximate surface area is 228 Å². The zero-order valence-corrected chi connectivity index (χ0v) is 22.5. The first-order chi connectivity index (χ1) is 18.8. The molecule has 1 atom stereocenters. The molecule has 11 heteroatoms. The molecule has 0 spiro atoms. The molecule has 0 aliphatic carbocycles. The normalized spacial score (nSPS) is 12.0. The molecule has 0 unspecified atom stereocenters. The minimum absolute atomic E-state index is 0.0159. The molecule has 3 rings (SSSR count). The summed E-state index contributed by atoms with van der Waals surface area (Å²) in [6.45, 7) is 0.325. The number of hydrogen-bond acceptors (Lipinski definition) is 7. The highest BCUT2D eigenvalue weighted by atomic mass is 32.2. The van der Waals surface area contributed by atoms with Gasteiger partial charge in [0.25, 0.3) is 5.91 Å². The quantitative estimate of drug-likeness (QED) is 0.156. The summed E-state index contributed by atoms with van der Waals surface area (Å²) in [5.74, 6) is -0.360. The molecule has 2 amide bonds. The molecule has 0 aromatic heterocycles. The number of carbonyl (C=O) groups is 2. The number of hydrogen-bond donors (Lipinski definition) is 3. The van der Waals surface area contributed by atoms with E-state index in [4.69, 9.17) is 9.47 Å². The van der Waals surface area contributed by atoms with Gasteiger partial charge in [0.05, 0.1) is 12.0 Å². The number of rotatable bonds is 14. The second-order valence-corrected chi connectivity index (χ2v) is 10.6. The lowest BCUT2D eigenvalue weighted by molar-refractivity contribution is -0.133. The van der Waals surface area contributed by atoms with Crippen molar-refractivity contribution in [2.75, 3.05) is 13.7 Å². The van der Waals surface area contributed by atoms with E-state index in [0.29, 0.717) is 24.2 Å². The van der Waals surface area contributed by atoms with Gasteiger partial charge in [-0.3, -0.25) is 10.0 Å². The van der Waals surface area contributed by atoms with Crippen molar-refractivity contribution in [2.45, 2.75) is 43.4 Å². The summed E-state index contributed by atoms with van der Waals surface area (Å²) in [5.41, 5.74) is 3.15. The van der Waals surface area contributed by atoms with Crippen LogP contribution in [-0.2, 0) is 32.7 Å². The fourth-order valence-corrected chi connectivity index (χ4v) is 5.52. The standard InChI is InChI=1S/C28H33N3O7S/c1-37-24-15-17-25(18-16-24)39(35,36)31(20-22-10-4-2-5-11-22)26(27(32)30-34)14-8-9-19-29-28(33)38-21-23-12-6-3-7-13-23/h2-7,10-13,15-18,26,34H,8-9,14,19-21H2,1H3,(H,29,33)(H,30,32)/t26-/m1/s1. The lowest BCUT2D eigenvalue weighted by Crippen LogP contribution is -2.48. The van der Waals surface area contributed by atoms with Crippen molar-refractivity contribution in [1.29, 1.82) is 0 Å². The van der Waals surface area contributed by atoms with Crippen molar-refractivity contribution in [3.05, 3.63) is 96.1 Å². The van der Waals surface area contributed by atoms with Crippen molar-refractivity contribution in [3.8, 4) is 5.75 Å². The minimum atomic E-state index is -4.15. The monoisotopic (exact) mass is 555 g/mol. The maximum atomic E-state index is 13.7. The van der Waals surface area contributed by atoms with Crippen LogP contribution < -0.4 is 15.5 Å². The number of methoxy groups -OCH3 is 1. The molecule has 0 bridgehead atoms. The number of unbranched alkanes of at least 4 members (excludes halogenated alkanes) is 1. The lowest BCUT2D eigenvalue weighted by atomic mass is 10.1. The van der Waals surface area contributed by atoms with Crippen LogP contribution in [0.4, 0.5) is 4.79 Å². The van der Waals surface area contributed by atoms with Crippen LogP contribution in [0.2, 0.25) is 0 Å². The number of carbonyl (C=O) groups excluding carboxylic acids is 2. The third kappa shape index (κ3) is 8.81. The first-order valence-corrected chi connectivity index (χ1v) is 13.9. The van der Waals surface area contributed by atoms with Crippen LogP contribution in [0.1, 0.15) is 30.4 Å². The van der Waals surface area contributed by atoms with Crippen LogP contribution in [-0.4, -0.2) is 49.6 Å². The lowest BCUT2D eigenvalue weighted by Gasteiger charge is -2.29. The Bertz CT molecular complexity index is 1290. The maximum Gasteiger partial charge on any atom is 0.407 e. The molecule has 0 saturated heterocycles. The molecule has 0 heterocycles. The molecule has 0 aliphatic heterocycles. The van der Waals surface area contributed by atoms with Crippen molar-refractivity contribution in [3.63, 3.8) is 0 Å². The summed E-state index contributed by atoms with van der Waals surface area (Å²) in [7, 11) is -2.68. The highest BCUT2D eigenvalue weighted by Crippen LogP contribution is 2.25. The van der Waals surface area contributed by atoms with Gasteiger partial charge in [-0.25, -0.2) is 18.7 Å². The number of alkyl carbamates (subject to hydrolysis) is 1. The van der Waals surface area contributed by atoms with Gasteiger partial charge in [0, 0.05) is 13.1 Å². The van der Waals surface area contributed by atoms with Crippen LogP contribution in [0, 0.1) is 0 Å². The summed E-state index contributed by atoms with van der Waals surface area (Å²) in [6.07, 6.45) is 0.379. The molecule has 3 N–H and O–H groups in total.